The third-order valence-corrected chi connectivity index (χ3v) is 6.16. The molecule has 5 rings (SSSR count). The van der Waals surface area contributed by atoms with E-state index in [2.05, 4.69) is 23.1 Å². The first kappa shape index (κ1) is 16.2. The van der Waals surface area contributed by atoms with Crippen LogP contribution in [0, 0.1) is 17.3 Å². The Morgan fingerprint density at radius 3 is 2.77 bits per heavy atom. The zero-order chi connectivity index (χ0) is 18.2. The van der Waals surface area contributed by atoms with Crippen LogP contribution in [0.4, 0.5) is 5.69 Å². The van der Waals surface area contributed by atoms with Crippen molar-refractivity contribution in [1.29, 1.82) is 0 Å². The highest BCUT2D eigenvalue weighted by atomic mass is 16.7. The summed E-state index contributed by atoms with van der Waals surface area (Å²) in [5.41, 5.74) is 1.62. The molecule has 5 nitrogen and oxygen atoms in total. The van der Waals surface area contributed by atoms with E-state index in [1.807, 2.05) is 39.0 Å². The predicted molar refractivity (Wildman–Crippen MR) is 96.6 cm³/mol. The maximum absolute atomic E-state index is 13.5. The van der Waals surface area contributed by atoms with Gasteiger partial charge in [0.05, 0.1) is 30.7 Å². The Bertz CT molecular complexity index is 824. The topological polar surface area (TPSA) is 55.8 Å². The molecule has 0 spiro atoms. The van der Waals surface area contributed by atoms with E-state index in [4.69, 9.17) is 9.47 Å². The minimum Gasteiger partial charge on any atom is -0.353 e. The molecular weight excluding hydrogens is 330 g/mol. The zero-order valence-electron chi connectivity index (χ0n) is 15.2. The number of benzene rings is 1. The second-order valence-corrected chi connectivity index (χ2v) is 8.72. The lowest BCUT2D eigenvalue weighted by molar-refractivity contribution is -0.164. The summed E-state index contributed by atoms with van der Waals surface area (Å²) in [7, 11) is 0. The van der Waals surface area contributed by atoms with E-state index in [0.29, 0.717) is 6.61 Å². The standard InChI is InChI=1S/C21H23NO4/c1-21(2,3)19(24)17-16-14-10-25-20(26-14)18(23)15(16)13-9-8-11-6-4-5-7-12(11)22(13)17/h4-9,13-17,20H,10H2,1-3H3/t13-,14+,15+,16-,17+,20+/m1/s1. The van der Waals surface area contributed by atoms with Crippen LogP contribution in [0.15, 0.2) is 30.3 Å². The average molecular weight is 353 g/mol. The highest BCUT2D eigenvalue weighted by molar-refractivity contribution is 5.98. The number of anilines is 1. The van der Waals surface area contributed by atoms with Crippen molar-refractivity contribution in [1.82, 2.24) is 0 Å². The van der Waals surface area contributed by atoms with Crippen molar-refractivity contribution in [2.75, 3.05) is 11.5 Å². The van der Waals surface area contributed by atoms with Gasteiger partial charge < -0.3 is 14.4 Å². The van der Waals surface area contributed by atoms with Gasteiger partial charge in [0.1, 0.15) is 0 Å². The predicted octanol–water partition coefficient (Wildman–Crippen LogP) is 2.44. The fourth-order valence-electron chi connectivity index (χ4n) is 5.02. The summed E-state index contributed by atoms with van der Waals surface area (Å²) in [4.78, 5) is 28.7. The normalized spacial score (nSPS) is 37.3. The molecule has 4 aliphatic heterocycles. The summed E-state index contributed by atoms with van der Waals surface area (Å²) in [6.07, 6.45) is 3.18. The maximum atomic E-state index is 13.5. The van der Waals surface area contributed by atoms with Crippen LogP contribution in [0.25, 0.3) is 6.08 Å². The molecule has 0 N–H and O–H groups in total. The Labute approximate surface area is 153 Å². The second kappa shape index (κ2) is 5.27. The van der Waals surface area contributed by atoms with Crippen molar-refractivity contribution < 1.29 is 19.1 Å². The summed E-state index contributed by atoms with van der Waals surface area (Å²) < 4.78 is 11.4. The van der Waals surface area contributed by atoms with Crippen LogP contribution >= 0.6 is 0 Å². The van der Waals surface area contributed by atoms with E-state index >= 15 is 0 Å². The number of hydrogen-bond acceptors (Lipinski definition) is 5. The number of hydrogen-bond donors (Lipinski definition) is 0. The van der Waals surface area contributed by atoms with Gasteiger partial charge in [-0.25, -0.2) is 0 Å². The number of Topliss-reactive ketones (excluding diaryl/α,β-unsaturated/α-hetero) is 2. The molecule has 0 aliphatic carbocycles. The van der Waals surface area contributed by atoms with E-state index in [9.17, 15) is 9.59 Å². The molecule has 4 heterocycles. The Kier molecular flexibility index (Phi) is 3.29. The number of para-hydroxylation sites is 1. The van der Waals surface area contributed by atoms with E-state index in [1.54, 1.807) is 0 Å². The van der Waals surface area contributed by atoms with Gasteiger partial charge in [-0.2, -0.15) is 0 Å². The zero-order valence-corrected chi connectivity index (χ0v) is 15.2. The molecule has 0 unspecified atom stereocenters. The molecule has 5 heteroatoms. The molecule has 0 aromatic heterocycles. The van der Waals surface area contributed by atoms with Gasteiger partial charge in [-0.1, -0.05) is 51.1 Å². The summed E-state index contributed by atoms with van der Waals surface area (Å²) in [5.74, 6) is -0.301. The van der Waals surface area contributed by atoms with Crippen molar-refractivity contribution in [3.63, 3.8) is 0 Å². The first-order valence-corrected chi connectivity index (χ1v) is 9.28. The second-order valence-electron chi connectivity index (χ2n) is 8.72. The maximum Gasteiger partial charge on any atom is 0.218 e. The van der Waals surface area contributed by atoms with Crippen molar-refractivity contribution in [3.8, 4) is 0 Å². The van der Waals surface area contributed by atoms with E-state index in [0.717, 1.165) is 11.3 Å². The molecule has 3 saturated heterocycles. The number of carbonyl (C=O) groups excluding carboxylic acids is 2. The molecule has 4 aliphatic rings. The number of carbonyl (C=O) groups is 2. The summed E-state index contributed by atoms with van der Waals surface area (Å²) in [6.45, 7) is 6.23. The fraction of sp³-hybridized carbons (Fsp3) is 0.524. The molecular formula is C21H23NO4. The highest BCUT2D eigenvalue weighted by Crippen LogP contribution is 2.51. The molecule has 6 atom stereocenters. The Balaban J connectivity index is 1.69. The largest absolute Gasteiger partial charge is 0.353 e. The lowest BCUT2D eigenvalue weighted by atomic mass is 9.74. The van der Waals surface area contributed by atoms with Gasteiger partial charge in [0, 0.05) is 17.0 Å². The van der Waals surface area contributed by atoms with Gasteiger partial charge in [0.25, 0.3) is 0 Å². The molecule has 136 valence electrons. The molecule has 26 heavy (non-hydrogen) atoms. The van der Waals surface area contributed by atoms with Crippen LogP contribution in [0.2, 0.25) is 0 Å². The smallest absolute Gasteiger partial charge is 0.218 e. The molecule has 1 aromatic rings. The Morgan fingerprint density at radius 2 is 2.00 bits per heavy atom. The van der Waals surface area contributed by atoms with E-state index in [1.165, 1.54) is 0 Å². The van der Waals surface area contributed by atoms with E-state index < -0.39 is 11.7 Å². The van der Waals surface area contributed by atoms with Gasteiger partial charge in [-0.05, 0) is 11.6 Å². The van der Waals surface area contributed by atoms with Gasteiger partial charge in [-0.3, -0.25) is 9.59 Å². The highest BCUT2D eigenvalue weighted by Gasteiger charge is 2.64. The van der Waals surface area contributed by atoms with Crippen LogP contribution in [-0.4, -0.2) is 42.7 Å². The number of nitrogens with zero attached hydrogens (tertiary/aromatic N) is 1. The van der Waals surface area contributed by atoms with Crippen LogP contribution < -0.4 is 4.90 Å². The summed E-state index contributed by atoms with van der Waals surface area (Å²) in [5, 5.41) is 0. The molecule has 2 bridgehead atoms. The van der Waals surface area contributed by atoms with Crippen molar-refractivity contribution in [2.24, 2.45) is 17.3 Å². The lowest BCUT2D eigenvalue weighted by Crippen LogP contribution is -2.51. The minimum atomic E-state index is -0.767. The minimum absolute atomic E-state index is 0.0213. The van der Waals surface area contributed by atoms with Crippen molar-refractivity contribution in [3.05, 3.63) is 35.9 Å². The molecule has 0 amide bonds. The van der Waals surface area contributed by atoms with Crippen molar-refractivity contribution in [2.45, 2.75) is 45.2 Å². The molecule has 3 fully saturated rings. The monoisotopic (exact) mass is 353 g/mol. The Morgan fingerprint density at radius 1 is 1.23 bits per heavy atom. The van der Waals surface area contributed by atoms with Crippen molar-refractivity contribution >= 4 is 23.3 Å². The number of rotatable bonds is 1. The van der Waals surface area contributed by atoms with Gasteiger partial charge in [-0.15, -0.1) is 0 Å². The van der Waals surface area contributed by atoms with Gasteiger partial charge >= 0.3 is 0 Å². The molecule has 0 saturated carbocycles. The number of fused-ring (bicyclic) bond motifs is 8. The Hall–Kier alpha value is -1.98. The third-order valence-electron chi connectivity index (χ3n) is 6.16. The lowest BCUT2D eigenvalue weighted by Gasteiger charge is -2.38. The number of ketones is 2. The molecule has 0 radical (unpaired) electrons. The van der Waals surface area contributed by atoms with Crippen LogP contribution in [-0.2, 0) is 19.1 Å². The first-order valence-electron chi connectivity index (χ1n) is 9.28. The van der Waals surface area contributed by atoms with Crippen LogP contribution in [0.3, 0.4) is 0 Å². The molecule has 1 aromatic carbocycles. The van der Waals surface area contributed by atoms with Crippen LogP contribution in [0.5, 0.6) is 0 Å². The van der Waals surface area contributed by atoms with Gasteiger partial charge in [0.15, 0.2) is 11.6 Å². The van der Waals surface area contributed by atoms with Gasteiger partial charge in [0.2, 0.25) is 6.29 Å². The first-order chi connectivity index (χ1) is 12.4. The number of ether oxygens (including phenoxy) is 2. The summed E-state index contributed by atoms with van der Waals surface area (Å²) >= 11 is 0. The third kappa shape index (κ3) is 2.04. The van der Waals surface area contributed by atoms with Crippen LogP contribution in [0.1, 0.15) is 26.3 Å². The SMILES string of the molecule is CC(C)(C)C(=O)[C@@H]1[C@H]2[C@@H](C(=O)[C@H]3OC[C@@H]2O3)[C@H]2C=Cc3ccccc3N21. The fourth-order valence-corrected chi connectivity index (χ4v) is 5.02. The van der Waals surface area contributed by atoms with E-state index in [-0.39, 0.29) is 41.6 Å². The average Bonchev–Trinajstić information content (AvgIpc) is 3.19. The quantitative estimate of drug-likeness (QED) is 0.776. The summed E-state index contributed by atoms with van der Waals surface area (Å²) in [6, 6.07) is 7.59.